The smallest absolute Gasteiger partial charge is 0.0825 e. The van der Waals surface area contributed by atoms with Crippen molar-refractivity contribution in [2.45, 2.75) is 0 Å². The van der Waals surface area contributed by atoms with Gasteiger partial charge in [0.15, 0.2) is 0 Å². The molecular formula is C16H15N3. The van der Waals surface area contributed by atoms with Crippen molar-refractivity contribution in [1.29, 1.82) is 0 Å². The summed E-state index contributed by atoms with van der Waals surface area (Å²) >= 11 is 0. The van der Waals surface area contributed by atoms with Gasteiger partial charge in [-0.1, -0.05) is 36.4 Å². The van der Waals surface area contributed by atoms with Gasteiger partial charge in [-0.3, -0.25) is 4.99 Å². The van der Waals surface area contributed by atoms with E-state index in [4.69, 9.17) is 0 Å². The number of nitrogens with zero attached hydrogens (tertiary/aromatic N) is 2. The second kappa shape index (κ2) is 5.48. The number of hydrogen-bond acceptors (Lipinski definition) is 3. The zero-order valence-electron chi connectivity index (χ0n) is 10.6. The lowest BCUT2D eigenvalue weighted by Crippen LogP contribution is -2.04. The Morgan fingerprint density at radius 1 is 0.842 bits per heavy atom. The number of para-hydroxylation sites is 2. The van der Waals surface area contributed by atoms with Crippen molar-refractivity contribution < 1.29 is 0 Å². The molecule has 0 radical (unpaired) electrons. The summed E-state index contributed by atoms with van der Waals surface area (Å²) < 4.78 is 0. The maximum absolute atomic E-state index is 4.58. The molecule has 3 heteroatoms. The molecule has 2 heterocycles. The van der Waals surface area contributed by atoms with Crippen LogP contribution in [-0.4, -0.2) is 24.4 Å². The lowest BCUT2D eigenvalue weighted by Gasteiger charge is -1.99. The van der Waals surface area contributed by atoms with E-state index in [1.807, 2.05) is 36.4 Å². The molecule has 1 aromatic heterocycles. The van der Waals surface area contributed by atoms with Gasteiger partial charge in [0.05, 0.1) is 23.9 Å². The van der Waals surface area contributed by atoms with Crippen LogP contribution in [0.25, 0.3) is 21.8 Å². The molecule has 1 N–H and O–H groups in total. The van der Waals surface area contributed by atoms with Gasteiger partial charge >= 0.3 is 0 Å². The van der Waals surface area contributed by atoms with Gasteiger partial charge in [0.1, 0.15) is 0 Å². The van der Waals surface area contributed by atoms with Gasteiger partial charge in [-0.05, 0) is 18.2 Å². The van der Waals surface area contributed by atoms with Gasteiger partial charge in [-0.25, -0.2) is 4.98 Å². The third-order valence-electron chi connectivity index (χ3n) is 2.99. The third-order valence-corrected chi connectivity index (χ3v) is 2.99. The quantitative estimate of drug-likeness (QED) is 0.622. The van der Waals surface area contributed by atoms with E-state index in [9.17, 15) is 0 Å². The van der Waals surface area contributed by atoms with Crippen LogP contribution >= 0.6 is 0 Å². The van der Waals surface area contributed by atoms with Crippen molar-refractivity contribution in [1.82, 2.24) is 10.3 Å². The number of nitrogens with one attached hydrogen (secondary N) is 1. The summed E-state index contributed by atoms with van der Waals surface area (Å²) in [5, 5.41) is 5.33. The Balaban J connectivity index is 0.000000187. The molecule has 2 aromatic carbocycles. The largest absolute Gasteiger partial charge is 0.375 e. The molecule has 0 bridgehead atoms. The first-order chi connectivity index (χ1) is 9.43. The second-order valence-electron chi connectivity index (χ2n) is 4.36. The number of aromatic nitrogens is 1. The maximum atomic E-state index is 4.58. The van der Waals surface area contributed by atoms with E-state index in [2.05, 4.69) is 33.5 Å². The molecule has 0 amide bonds. The highest BCUT2D eigenvalue weighted by molar-refractivity contribution is 5.92. The van der Waals surface area contributed by atoms with Crippen molar-refractivity contribution in [3.8, 4) is 0 Å². The van der Waals surface area contributed by atoms with E-state index in [1.165, 1.54) is 10.8 Å². The minimum Gasteiger partial charge on any atom is -0.375 e. The number of benzene rings is 2. The second-order valence-corrected chi connectivity index (χ2v) is 4.36. The zero-order valence-corrected chi connectivity index (χ0v) is 10.6. The molecular weight excluding hydrogens is 234 g/mol. The van der Waals surface area contributed by atoms with Gasteiger partial charge < -0.3 is 5.32 Å². The average molecular weight is 249 g/mol. The van der Waals surface area contributed by atoms with Crippen LogP contribution in [0.2, 0.25) is 0 Å². The van der Waals surface area contributed by atoms with Gasteiger partial charge in [0.25, 0.3) is 0 Å². The molecule has 94 valence electrons. The van der Waals surface area contributed by atoms with E-state index in [0.717, 1.165) is 24.1 Å². The van der Waals surface area contributed by atoms with Crippen LogP contribution in [0.3, 0.4) is 0 Å². The van der Waals surface area contributed by atoms with Gasteiger partial charge in [0, 0.05) is 17.3 Å². The molecule has 3 aromatic rings. The minimum atomic E-state index is 0.958. The first-order valence-electron chi connectivity index (χ1n) is 6.40. The number of hydrogen-bond donors (Lipinski definition) is 1. The number of rotatable bonds is 0. The molecule has 0 aliphatic carbocycles. The third kappa shape index (κ3) is 2.71. The molecule has 0 spiro atoms. The van der Waals surface area contributed by atoms with E-state index >= 15 is 0 Å². The van der Waals surface area contributed by atoms with E-state index in [-0.39, 0.29) is 0 Å². The Labute approximate surface area is 112 Å². The van der Waals surface area contributed by atoms with Crippen LogP contribution in [0, 0.1) is 0 Å². The fourth-order valence-electron chi connectivity index (χ4n) is 2.04. The summed E-state index contributed by atoms with van der Waals surface area (Å²) in [5.41, 5.74) is 2.12. The molecule has 3 nitrogen and oxygen atoms in total. The lowest BCUT2D eigenvalue weighted by molar-refractivity contribution is 0.965. The Morgan fingerprint density at radius 2 is 1.47 bits per heavy atom. The number of aliphatic imine (C=N–C) groups is 1. The van der Waals surface area contributed by atoms with E-state index in [1.54, 1.807) is 6.34 Å². The van der Waals surface area contributed by atoms with E-state index < -0.39 is 0 Å². The maximum Gasteiger partial charge on any atom is 0.0825 e. The molecule has 0 unspecified atom stereocenters. The first kappa shape index (κ1) is 11.7. The van der Waals surface area contributed by atoms with Crippen LogP contribution in [-0.2, 0) is 0 Å². The number of fused-ring (bicyclic) bond motifs is 2. The first-order valence-corrected chi connectivity index (χ1v) is 6.40. The summed E-state index contributed by atoms with van der Waals surface area (Å²) in [6.07, 6.45) is 1.74. The molecule has 19 heavy (non-hydrogen) atoms. The summed E-state index contributed by atoms with van der Waals surface area (Å²) in [4.78, 5) is 8.42. The normalized spacial score (nSPS) is 13.1. The van der Waals surface area contributed by atoms with Crippen LogP contribution in [0.5, 0.6) is 0 Å². The Kier molecular flexibility index (Phi) is 3.36. The van der Waals surface area contributed by atoms with Crippen molar-refractivity contribution in [2.24, 2.45) is 4.99 Å². The molecule has 1 aliphatic heterocycles. The summed E-state index contributed by atoms with van der Waals surface area (Å²) in [7, 11) is 0. The molecule has 0 fully saturated rings. The highest BCUT2D eigenvalue weighted by atomic mass is 15.0. The predicted molar refractivity (Wildman–Crippen MR) is 80.6 cm³/mol. The highest BCUT2D eigenvalue weighted by Crippen LogP contribution is 2.18. The Hall–Kier alpha value is -2.42. The predicted octanol–water partition coefficient (Wildman–Crippen LogP) is 3.01. The minimum absolute atomic E-state index is 0.958. The molecule has 0 saturated carbocycles. The zero-order chi connectivity index (χ0) is 12.9. The fourth-order valence-corrected chi connectivity index (χ4v) is 2.04. The van der Waals surface area contributed by atoms with Crippen LogP contribution in [0.1, 0.15) is 0 Å². The summed E-state index contributed by atoms with van der Waals surface area (Å²) in [6.45, 7) is 1.99. The van der Waals surface area contributed by atoms with Crippen molar-refractivity contribution in [2.75, 3.05) is 13.1 Å². The Morgan fingerprint density at radius 3 is 1.95 bits per heavy atom. The summed E-state index contributed by atoms with van der Waals surface area (Å²) in [5.74, 6) is 0. The molecule has 4 rings (SSSR count). The van der Waals surface area contributed by atoms with E-state index in [0.29, 0.717) is 0 Å². The standard InChI is InChI=1S/C13H9N.C3H6N2/c1-3-7-12-10(5-1)9-11-6-2-4-8-13(11)14-12;1-2-5-3-4-1/h1-9H;3H,1-2H2,(H,4,5). The lowest BCUT2D eigenvalue weighted by atomic mass is 10.1. The average Bonchev–Trinajstić information content (AvgIpc) is 3.04. The molecule has 0 atom stereocenters. The van der Waals surface area contributed by atoms with Gasteiger partial charge in [-0.2, -0.15) is 0 Å². The monoisotopic (exact) mass is 249 g/mol. The van der Waals surface area contributed by atoms with Crippen LogP contribution in [0.4, 0.5) is 0 Å². The van der Waals surface area contributed by atoms with Crippen molar-refractivity contribution in [3.63, 3.8) is 0 Å². The molecule has 1 aliphatic rings. The topological polar surface area (TPSA) is 37.3 Å². The van der Waals surface area contributed by atoms with Gasteiger partial charge in [-0.15, -0.1) is 0 Å². The van der Waals surface area contributed by atoms with Crippen molar-refractivity contribution >= 4 is 28.1 Å². The number of pyridine rings is 1. The SMILES string of the molecule is C1=NCCN1.c1ccc2nc3ccccc3cc2c1. The van der Waals surface area contributed by atoms with Crippen LogP contribution in [0.15, 0.2) is 59.6 Å². The fraction of sp³-hybridized carbons (Fsp3) is 0.125. The Bertz CT molecular complexity index is 608. The van der Waals surface area contributed by atoms with Crippen molar-refractivity contribution in [3.05, 3.63) is 54.6 Å². The molecule has 0 saturated heterocycles. The van der Waals surface area contributed by atoms with Gasteiger partial charge in [0.2, 0.25) is 0 Å². The van der Waals surface area contributed by atoms with Crippen LogP contribution < -0.4 is 5.32 Å². The summed E-state index contributed by atoms with van der Waals surface area (Å²) in [6, 6.07) is 18.6. The highest BCUT2D eigenvalue weighted by Gasteiger charge is 1.96.